The third-order valence-electron chi connectivity index (χ3n) is 8.63. The van der Waals surface area contributed by atoms with Gasteiger partial charge < -0.3 is 24.1 Å². The van der Waals surface area contributed by atoms with E-state index in [1.165, 1.54) is 23.8 Å². The molecule has 3 aliphatic rings. The van der Waals surface area contributed by atoms with Gasteiger partial charge in [-0.1, -0.05) is 40.9 Å². The van der Waals surface area contributed by atoms with Crippen LogP contribution < -0.4 is 4.74 Å². The van der Waals surface area contributed by atoms with E-state index in [1.54, 1.807) is 0 Å². The van der Waals surface area contributed by atoms with Gasteiger partial charge in [-0.05, 0) is 66.5 Å². The second kappa shape index (κ2) is 10.4. The average molecular weight is 610 g/mol. The third kappa shape index (κ3) is 4.53. The Balaban J connectivity index is 1.26. The summed E-state index contributed by atoms with van der Waals surface area (Å²) in [5.41, 5.74) is 5.46. The number of imidazole rings is 1. The number of aromatic hydroxyl groups is 1. The van der Waals surface area contributed by atoms with Crippen LogP contribution in [0.25, 0.3) is 10.9 Å². The van der Waals surface area contributed by atoms with E-state index in [0.717, 1.165) is 78.4 Å². The van der Waals surface area contributed by atoms with Gasteiger partial charge in [0.1, 0.15) is 18.4 Å². The van der Waals surface area contributed by atoms with Crippen molar-refractivity contribution in [2.75, 3.05) is 39.5 Å². The minimum Gasteiger partial charge on any atom is -0.493 e. The lowest BCUT2D eigenvalue weighted by Crippen LogP contribution is -2.38. The molecule has 2 aliphatic heterocycles. The van der Waals surface area contributed by atoms with Gasteiger partial charge in [-0.3, -0.25) is 9.47 Å². The van der Waals surface area contributed by atoms with E-state index in [0.29, 0.717) is 23.7 Å². The van der Waals surface area contributed by atoms with Crippen LogP contribution in [0.2, 0.25) is 0 Å². The number of nitrogens with one attached hydrogen (secondary N) is 1. The van der Waals surface area contributed by atoms with E-state index in [1.807, 2.05) is 4.57 Å². The van der Waals surface area contributed by atoms with E-state index >= 15 is 0 Å². The molecule has 2 N–H and O–H groups in total. The normalized spacial score (nSPS) is 19.9. The van der Waals surface area contributed by atoms with Gasteiger partial charge in [0.05, 0.1) is 18.9 Å². The predicted molar refractivity (Wildman–Crippen MR) is 158 cm³/mol. The molecule has 0 amide bonds. The van der Waals surface area contributed by atoms with Gasteiger partial charge in [0.15, 0.2) is 4.77 Å². The lowest BCUT2D eigenvalue weighted by Gasteiger charge is -2.27. The number of hydrogen-bond acceptors (Lipinski definition) is 5. The molecule has 1 unspecified atom stereocenters. The van der Waals surface area contributed by atoms with Crippen LogP contribution in [0.1, 0.15) is 60.3 Å². The van der Waals surface area contributed by atoms with Crippen molar-refractivity contribution in [3.05, 3.63) is 74.2 Å². The molecule has 9 heteroatoms. The van der Waals surface area contributed by atoms with Crippen molar-refractivity contribution in [2.24, 2.45) is 0 Å². The Bertz CT molecular complexity index is 1560. The second-order valence-electron chi connectivity index (χ2n) is 10.9. The van der Waals surface area contributed by atoms with Gasteiger partial charge >= 0.3 is 0 Å². The molecular weight excluding hydrogens is 576 g/mol. The summed E-state index contributed by atoms with van der Waals surface area (Å²) < 4.78 is 17.5. The van der Waals surface area contributed by atoms with Gasteiger partial charge in [-0.2, -0.15) is 0 Å². The fraction of sp³-hybridized carbons (Fsp3) is 0.433. The van der Waals surface area contributed by atoms with E-state index < -0.39 is 0 Å². The summed E-state index contributed by atoms with van der Waals surface area (Å²) in [7, 11) is 0. The SMILES string of the molecule is Oc1c2n(c(=S)n1C1CCCC1)C(c1ccc(OCCN3CCOCC3)cc1)c1[nH]c3ccc(Br)cc3c1C2. The number of halogens is 1. The van der Waals surface area contributed by atoms with E-state index in [4.69, 9.17) is 21.7 Å². The topological polar surface area (TPSA) is 67.6 Å². The molecule has 1 saturated carbocycles. The maximum atomic E-state index is 11.5. The van der Waals surface area contributed by atoms with Crippen molar-refractivity contribution in [1.82, 2.24) is 19.0 Å². The summed E-state index contributed by atoms with van der Waals surface area (Å²) in [5, 5.41) is 12.7. The molecule has 7 rings (SSSR count). The number of ether oxygens (including phenoxy) is 2. The minimum absolute atomic E-state index is 0.154. The molecule has 0 spiro atoms. The van der Waals surface area contributed by atoms with Gasteiger partial charge in [0.25, 0.3) is 0 Å². The summed E-state index contributed by atoms with van der Waals surface area (Å²) in [6, 6.07) is 14.8. The third-order valence-corrected chi connectivity index (χ3v) is 9.52. The number of nitrogens with zero attached hydrogens (tertiary/aromatic N) is 3. The molecule has 39 heavy (non-hydrogen) atoms. The number of fused-ring (bicyclic) bond motifs is 4. The van der Waals surface area contributed by atoms with Gasteiger partial charge in [-0.15, -0.1) is 0 Å². The highest BCUT2D eigenvalue weighted by atomic mass is 79.9. The standard InChI is InChI=1S/C30H33BrN4O3S/c31-20-7-10-25-23(17-20)24-18-26-29(36)34(21-3-1-2-4-21)30(39)35(26)28(27(24)32-25)19-5-8-22(9-6-19)38-16-13-33-11-14-37-15-12-33/h5-10,17,21,28,32,36H,1-4,11-16,18H2. The zero-order valence-electron chi connectivity index (χ0n) is 21.9. The number of H-pyrrole nitrogens is 1. The molecule has 0 bridgehead atoms. The molecule has 204 valence electrons. The first kappa shape index (κ1) is 25.4. The predicted octanol–water partition coefficient (Wildman–Crippen LogP) is 6.34. The second-order valence-corrected chi connectivity index (χ2v) is 12.2. The van der Waals surface area contributed by atoms with Crippen LogP contribution in [0, 0.1) is 4.77 Å². The highest BCUT2D eigenvalue weighted by molar-refractivity contribution is 9.10. The van der Waals surface area contributed by atoms with Crippen molar-refractivity contribution in [2.45, 2.75) is 44.2 Å². The van der Waals surface area contributed by atoms with Crippen molar-refractivity contribution in [1.29, 1.82) is 0 Å². The molecule has 7 nitrogen and oxygen atoms in total. The summed E-state index contributed by atoms with van der Waals surface area (Å²) >= 11 is 9.75. The van der Waals surface area contributed by atoms with Crippen LogP contribution in [-0.2, 0) is 11.2 Å². The van der Waals surface area contributed by atoms with Crippen LogP contribution in [0.5, 0.6) is 11.6 Å². The molecule has 2 fully saturated rings. The molecule has 2 aromatic heterocycles. The largest absolute Gasteiger partial charge is 0.493 e. The molecule has 4 heterocycles. The quantitative estimate of drug-likeness (QED) is 0.220. The first-order valence-electron chi connectivity index (χ1n) is 14.0. The maximum absolute atomic E-state index is 11.5. The zero-order valence-corrected chi connectivity index (χ0v) is 24.3. The summed E-state index contributed by atoms with van der Waals surface area (Å²) in [6.07, 6.45) is 5.13. The summed E-state index contributed by atoms with van der Waals surface area (Å²) in [6.45, 7) is 5.06. The van der Waals surface area contributed by atoms with Gasteiger partial charge in [-0.25, -0.2) is 0 Å². The van der Waals surface area contributed by atoms with Crippen molar-refractivity contribution < 1.29 is 14.6 Å². The number of benzene rings is 2. The maximum Gasteiger partial charge on any atom is 0.214 e. The van der Waals surface area contributed by atoms with E-state index in [9.17, 15) is 5.11 Å². The van der Waals surface area contributed by atoms with Gasteiger partial charge in [0, 0.05) is 53.2 Å². The first-order valence-corrected chi connectivity index (χ1v) is 15.2. The fourth-order valence-corrected chi connectivity index (χ4v) is 7.44. The highest BCUT2D eigenvalue weighted by Gasteiger charge is 2.36. The van der Waals surface area contributed by atoms with E-state index in [2.05, 4.69) is 72.8 Å². The van der Waals surface area contributed by atoms with E-state index in [-0.39, 0.29) is 12.1 Å². The number of aromatic amines is 1. The molecule has 1 aliphatic carbocycles. The Labute approximate surface area is 241 Å². The molecule has 0 radical (unpaired) electrons. The fourth-order valence-electron chi connectivity index (χ4n) is 6.63. The van der Waals surface area contributed by atoms with Gasteiger partial charge in [0.2, 0.25) is 5.88 Å². The molecule has 2 aromatic carbocycles. The molecule has 1 saturated heterocycles. The van der Waals surface area contributed by atoms with Crippen molar-refractivity contribution in [3.63, 3.8) is 0 Å². The van der Waals surface area contributed by atoms with Crippen LogP contribution >= 0.6 is 28.1 Å². The zero-order chi connectivity index (χ0) is 26.5. The van der Waals surface area contributed by atoms with Crippen molar-refractivity contribution in [3.8, 4) is 11.6 Å². The summed E-state index contributed by atoms with van der Waals surface area (Å²) in [5.74, 6) is 1.19. The molecule has 1 atom stereocenters. The van der Waals surface area contributed by atoms with Crippen LogP contribution in [-0.4, -0.2) is 63.6 Å². The lowest BCUT2D eigenvalue weighted by atomic mass is 9.93. The number of rotatable bonds is 6. The number of morpholine rings is 1. The van der Waals surface area contributed by atoms with Crippen LogP contribution in [0.15, 0.2) is 46.9 Å². The molecule has 4 aromatic rings. The average Bonchev–Trinajstić information content (AvgIpc) is 3.66. The molecular formula is C30H33BrN4O3S. The van der Waals surface area contributed by atoms with Crippen LogP contribution in [0.4, 0.5) is 0 Å². The Kier molecular flexibility index (Phi) is 6.79. The van der Waals surface area contributed by atoms with Crippen molar-refractivity contribution >= 4 is 39.1 Å². The lowest BCUT2D eigenvalue weighted by molar-refractivity contribution is 0.0322. The Morgan fingerprint density at radius 3 is 2.59 bits per heavy atom. The van der Waals surface area contributed by atoms with Crippen LogP contribution in [0.3, 0.4) is 0 Å². The summed E-state index contributed by atoms with van der Waals surface area (Å²) in [4.78, 5) is 6.09. The highest BCUT2D eigenvalue weighted by Crippen LogP contribution is 2.45. The Morgan fingerprint density at radius 2 is 1.82 bits per heavy atom. The Morgan fingerprint density at radius 1 is 1.05 bits per heavy atom. The minimum atomic E-state index is -0.154. The first-order chi connectivity index (χ1) is 19.1. The number of hydrogen-bond donors (Lipinski definition) is 2. The number of aromatic nitrogens is 3. The monoisotopic (exact) mass is 608 g/mol. The smallest absolute Gasteiger partial charge is 0.214 e. The Hall–Kier alpha value is -2.59.